The molecule has 3 nitrogen and oxygen atoms in total. The Morgan fingerprint density at radius 1 is 1.62 bits per heavy atom. The molecule has 0 aliphatic carbocycles. The summed E-state index contributed by atoms with van der Waals surface area (Å²) < 4.78 is 0. The summed E-state index contributed by atoms with van der Waals surface area (Å²) in [7, 11) is 0. The number of aryl methyl sites for hydroxylation is 1. The highest BCUT2D eigenvalue weighted by atomic mass is 35.5. The number of halogens is 1. The van der Waals surface area contributed by atoms with E-state index in [0.717, 1.165) is 5.82 Å². The monoisotopic (exact) mass is 197 g/mol. The third-order valence-electron chi connectivity index (χ3n) is 1.54. The van der Waals surface area contributed by atoms with Gasteiger partial charge in [0.25, 0.3) is 0 Å². The first-order valence-electron chi connectivity index (χ1n) is 4.02. The van der Waals surface area contributed by atoms with E-state index in [9.17, 15) is 0 Å². The predicted molar refractivity (Wildman–Crippen MR) is 55.1 cm³/mol. The lowest BCUT2D eigenvalue weighted by Gasteiger charge is -2.09. The number of hydrogen-bond donors (Lipinski definition) is 1. The Morgan fingerprint density at radius 3 is 2.85 bits per heavy atom. The quantitative estimate of drug-likeness (QED) is 0.598. The lowest BCUT2D eigenvalue weighted by atomic mass is 10.3. The Morgan fingerprint density at radius 2 is 2.31 bits per heavy atom. The summed E-state index contributed by atoms with van der Waals surface area (Å²) in [6, 6.07) is 1.86. The second-order valence-electron chi connectivity index (χ2n) is 2.79. The van der Waals surface area contributed by atoms with Gasteiger partial charge in [0.15, 0.2) is 0 Å². The molecular formula is C9H12ClN3. The molecule has 0 fully saturated rings. The van der Waals surface area contributed by atoms with Gasteiger partial charge >= 0.3 is 0 Å². The first-order valence-corrected chi connectivity index (χ1v) is 4.40. The minimum Gasteiger partial charge on any atom is -0.364 e. The van der Waals surface area contributed by atoms with Crippen molar-refractivity contribution in [1.82, 2.24) is 9.97 Å². The summed E-state index contributed by atoms with van der Waals surface area (Å²) in [6.07, 6.45) is 1.80. The first kappa shape index (κ1) is 9.99. The third-order valence-corrected chi connectivity index (χ3v) is 1.73. The van der Waals surface area contributed by atoms with E-state index < -0.39 is 0 Å². The molecule has 0 saturated heterocycles. The summed E-state index contributed by atoms with van der Waals surface area (Å²) >= 11 is 5.76. The molecule has 1 aromatic rings. The minimum atomic E-state index is 0.172. The molecule has 13 heavy (non-hydrogen) atoms. The van der Waals surface area contributed by atoms with E-state index in [1.165, 1.54) is 0 Å². The van der Waals surface area contributed by atoms with Gasteiger partial charge in [-0.3, -0.25) is 0 Å². The molecule has 1 atom stereocenters. The van der Waals surface area contributed by atoms with Crippen molar-refractivity contribution in [3.05, 3.63) is 29.7 Å². The van der Waals surface area contributed by atoms with Crippen LogP contribution in [0.5, 0.6) is 0 Å². The van der Waals surface area contributed by atoms with Crippen LogP contribution in [0.15, 0.2) is 18.7 Å². The second-order valence-corrected chi connectivity index (χ2v) is 3.18. The summed E-state index contributed by atoms with van der Waals surface area (Å²) in [4.78, 5) is 8.12. The highest BCUT2D eigenvalue weighted by molar-refractivity contribution is 6.29. The van der Waals surface area contributed by atoms with Crippen LogP contribution < -0.4 is 5.32 Å². The van der Waals surface area contributed by atoms with Crippen molar-refractivity contribution in [3.8, 4) is 0 Å². The fourth-order valence-corrected chi connectivity index (χ4v) is 1.12. The lowest BCUT2D eigenvalue weighted by Crippen LogP contribution is -2.13. The van der Waals surface area contributed by atoms with Crippen LogP contribution in [0.3, 0.4) is 0 Å². The lowest BCUT2D eigenvalue weighted by molar-refractivity contribution is 0.959. The highest BCUT2D eigenvalue weighted by Gasteiger charge is 2.01. The van der Waals surface area contributed by atoms with Gasteiger partial charge in [-0.15, -0.1) is 6.58 Å². The van der Waals surface area contributed by atoms with Crippen molar-refractivity contribution < 1.29 is 0 Å². The molecule has 0 spiro atoms. The molecule has 70 valence electrons. The van der Waals surface area contributed by atoms with Crippen molar-refractivity contribution in [2.75, 3.05) is 5.32 Å². The minimum absolute atomic E-state index is 0.172. The molecule has 0 radical (unpaired) electrons. The van der Waals surface area contributed by atoms with E-state index in [0.29, 0.717) is 11.0 Å². The molecule has 0 saturated carbocycles. The zero-order valence-electron chi connectivity index (χ0n) is 7.71. The summed E-state index contributed by atoms with van der Waals surface area (Å²) in [6.45, 7) is 7.45. The number of aromatic nitrogens is 2. The van der Waals surface area contributed by atoms with Crippen LogP contribution >= 0.6 is 11.6 Å². The molecule has 1 N–H and O–H groups in total. The number of hydrogen-bond acceptors (Lipinski definition) is 3. The number of anilines is 1. The van der Waals surface area contributed by atoms with Crippen molar-refractivity contribution in [3.63, 3.8) is 0 Å². The summed E-state index contributed by atoms with van der Waals surface area (Å²) in [5, 5.41) is 3.57. The standard InChI is InChI=1S/C9H12ClN3/c1-4-6(2)11-9-5-8(10)12-7(3)13-9/h4-6H,1H2,2-3H3,(H,11,12,13). The van der Waals surface area contributed by atoms with Crippen LogP contribution in [-0.2, 0) is 0 Å². The van der Waals surface area contributed by atoms with Gasteiger partial charge in [-0.2, -0.15) is 0 Å². The third kappa shape index (κ3) is 3.03. The Balaban J connectivity index is 2.82. The Kier molecular flexibility index (Phi) is 3.25. The molecule has 1 unspecified atom stereocenters. The average Bonchev–Trinajstić information content (AvgIpc) is 2.02. The van der Waals surface area contributed by atoms with E-state index in [1.54, 1.807) is 19.1 Å². The predicted octanol–water partition coefficient (Wildman–Crippen LogP) is 2.42. The Hall–Kier alpha value is -1.09. The van der Waals surface area contributed by atoms with Crippen molar-refractivity contribution in [2.24, 2.45) is 0 Å². The summed E-state index contributed by atoms with van der Waals surface area (Å²) in [5.74, 6) is 1.39. The molecule has 4 heteroatoms. The maximum Gasteiger partial charge on any atom is 0.134 e. The first-order chi connectivity index (χ1) is 6.11. The fraction of sp³-hybridized carbons (Fsp3) is 0.333. The SMILES string of the molecule is C=CC(C)Nc1cc(Cl)nc(C)n1. The van der Waals surface area contributed by atoms with Crippen molar-refractivity contribution in [1.29, 1.82) is 0 Å². The van der Waals surface area contributed by atoms with Gasteiger partial charge in [0.05, 0.1) is 0 Å². The van der Waals surface area contributed by atoms with Crippen LogP contribution in [0.1, 0.15) is 12.7 Å². The van der Waals surface area contributed by atoms with E-state index >= 15 is 0 Å². The molecule has 0 aromatic carbocycles. The highest BCUT2D eigenvalue weighted by Crippen LogP contribution is 2.11. The molecule has 1 aromatic heterocycles. The number of rotatable bonds is 3. The van der Waals surface area contributed by atoms with Gasteiger partial charge in [-0.25, -0.2) is 9.97 Å². The normalized spacial score (nSPS) is 12.2. The van der Waals surface area contributed by atoms with Crippen LogP contribution in [0, 0.1) is 6.92 Å². The van der Waals surface area contributed by atoms with Crippen LogP contribution in [0.25, 0.3) is 0 Å². The van der Waals surface area contributed by atoms with Crippen molar-refractivity contribution in [2.45, 2.75) is 19.9 Å². The molecule has 0 aliphatic rings. The molecule has 1 rings (SSSR count). The van der Waals surface area contributed by atoms with Crippen molar-refractivity contribution >= 4 is 17.4 Å². The molecule has 0 amide bonds. The van der Waals surface area contributed by atoms with Gasteiger partial charge in [-0.1, -0.05) is 17.7 Å². The molecular weight excluding hydrogens is 186 g/mol. The maximum absolute atomic E-state index is 5.76. The van der Waals surface area contributed by atoms with Crippen LogP contribution in [-0.4, -0.2) is 16.0 Å². The van der Waals surface area contributed by atoms with E-state index in [4.69, 9.17) is 11.6 Å². The van der Waals surface area contributed by atoms with Crippen LogP contribution in [0.4, 0.5) is 5.82 Å². The van der Waals surface area contributed by atoms with Gasteiger partial charge in [0.1, 0.15) is 16.8 Å². The smallest absolute Gasteiger partial charge is 0.134 e. The van der Waals surface area contributed by atoms with E-state index in [1.807, 2.05) is 6.92 Å². The van der Waals surface area contributed by atoms with Crippen LogP contribution in [0.2, 0.25) is 5.15 Å². The fourth-order valence-electron chi connectivity index (χ4n) is 0.897. The van der Waals surface area contributed by atoms with Gasteiger partial charge in [0.2, 0.25) is 0 Å². The number of nitrogens with one attached hydrogen (secondary N) is 1. The molecule has 1 heterocycles. The Bertz CT molecular complexity index is 291. The largest absolute Gasteiger partial charge is 0.364 e. The molecule has 0 bridgehead atoms. The average molecular weight is 198 g/mol. The van der Waals surface area contributed by atoms with E-state index in [2.05, 4.69) is 21.9 Å². The second kappa shape index (κ2) is 4.23. The Labute approximate surface area is 82.9 Å². The number of nitrogens with zero attached hydrogens (tertiary/aromatic N) is 2. The zero-order chi connectivity index (χ0) is 9.84. The zero-order valence-corrected chi connectivity index (χ0v) is 8.47. The van der Waals surface area contributed by atoms with Gasteiger partial charge in [-0.05, 0) is 13.8 Å². The van der Waals surface area contributed by atoms with E-state index in [-0.39, 0.29) is 6.04 Å². The topological polar surface area (TPSA) is 37.8 Å². The van der Waals surface area contributed by atoms with Gasteiger partial charge in [0, 0.05) is 12.1 Å². The van der Waals surface area contributed by atoms with Gasteiger partial charge < -0.3 is 5.32 Å². The summed E-state index contributed by atoms with van der Waals surface area (Å²) in [5.41, 5.74) is 0. The molecule has 0 aliphatic heterocycles. The maximum atomic E-state index is 5.76.